The summed E-state index contributed by atoms with van der Waals surface area (Å²) in [5.74, 6) is 0.684. The van der Waals surface area contributed by atoms with Crippen LogP contribution in [0.1, 0.15) is 31.7 Å². The molecule has 1 fully saturated rings. The lowest BCUT2D eigenvalue weighted by atomic mass is 9.92. The van der Waals surface area contributed by atoms with E-state index in [4.69, 9.17) is 0 Å². The van der Waals surface area contributed by atoms with E-state index in [2.05, 4.69) is 19.1 Å². The minimum Gasteiger partial charge on any atom is -0.390 e. The molecule has 1 saturated carbocycles. The highest BCUT2D eigenvalue weighted by Crippen LogP contribution is 2.36. The smallest absolute Gasteiger partial charge is 0.0690 e. The van der Waals surface area contributed by atoms with Gasteiger partial charge in [-0.05, 0) is 30.7 Å². The van der Waals surface area contributed by atoms with Crippen LogP contribution in [0.3, 0.4) is 0 Å². The van der Waals surface area contributed by atoms with Crippen molar-refractivity contribution in [1.82, 2.24) is 0 Å². The average molecular weight is 190 g/mol. The summed E-state index contributed by atoms with van der Waals surface area (Å²) in [7, 11) is 0. The van der Waals surface area contributed by atoms with Gasteiger partial charge in [0.1, 0.15) is 0 Å². The number of rotatable bonds is 2. The minimum absolute atomic E-state index is 0.430. The van der Waals surface area contributed by atoms with E-state index in [1.54, 1.807) is 0 Å². The highest BCUT2D eigenvalue weighted by molar-refractivity contribution is 5.17. The average Bonchev–Trinajstić information content (AvgIpc) is 2.47. The van der Waals surface area contributed by atoms with Crippen LogP contribution >= 0.6 is 0 Å². The van der Waals surface area contributed by atoms with Crippen LogP contribution < -0.4 is 0 Å². The van der Waals surface area contributed by atoms with Gasteiger partial charge >= 0.3 is 0 Å². The van der Waals surface area contributed by atoms with Crippen LogP contribution in [0.4, 0.5) is 0 Å². The Kier molecular flexibility index (Phi) is 2.60. The van der Waals surface area contributed by atoms with E-state index in [1.807, 2.05) is 18.2 Å². The molecule has 2 rings (SSSR count). The Balaban J connectivity index is 2.04. The van der Waals surface area contributed by atoms with Crippen LogP contribution in [0.2, 0.25) is 0 Å². The molecule has 0 aromatic heterocycles. The summed E-state index contributed by atoms with van der Waals surface area (Å²) in [6, 6.07) is 10.3. The van der Waals surface area contributed by atoms with Gasteiger partial charge in [0, 0.05) is 6.42 Å². The second-order valence-electron chi connectivity index (χ2n) is 4.73. The first kappa shape index (κ1) is 9.72. The predicted octanol–water partition coefficient (Wildman–Crippen LogP) is 2.78. The molecule has 0 aliphatic heterocycles. The van der Waals surface area contributed by atoms with Gasteiger partial charge < -0.3 is 5.11 Å². The Labute approximate surface area is 85.8 Å². The fourth-order valence-electron chi connectivity index (χ4n) is 2.50. The third-order valence-electron chi connectivity index (χ3n) is 3.21. The third-order valence-corrected chi connectivity index (χ3v) is 3.21. The molecular weight excluding hydrogens is 172 g/mol. The highest BCUT2D eigenvalue weighted by Gasteiger charge is 2.34. The zero-order chi connectivity index (χ0) is 10.0. The maximum atomic E-state index is 10.3. The van der Waals surface area contributed by atoms with Crippen molar-refractivity contribution < 1.29 is 5.11 Å². The Morgan fingerprint density at radius 3 is 2.64 bits per heavy atom. The molecule has 0 saturated heterocycles. The quantitative estimate of drug-likeness (QED) is 0.760. The lowest BCUT2D eigenvalue weighted by Crippen LogP contribution is -2.27. The van der Waals surface area contributed by atoms with E-state index < -0.39 is 5.60 Å². The fraction of sp³-hybridized carbons (Fsp3) is 0.538. The molecule has 0 amide bonds. The Morgan fingerprint density at radius 1 is 1.36 bits per heavy atom. The first-order valence-corrected chi connectivity index (χ1v) is 5.44. The summed E-state index contributed by atoms with van der Waals surface area (Å²) in [4.78, 5) is 0. The van der Waals surface area contributed by atoms with Crippen molar-refractivity contribution in [3.8, 4) is 0 Å². The van der Waals surface area contributed by atoms with Crippen LogP contribution in [0, 0.1) is 5.92 Å². The van der Waals surface area contributed by atoms with Gasteiger partial charge in [-0.3, -0.25) is 0 Å². The zero-order valence-electron chi connectivity index (χ0n) is 8.74. The first-order valence-electron chi connectivity index (χ1n) is 5.44. The van der Waals surface area contributed by atoms with E-state index in [0.717, 1.165) is 19.3 Å². The van der Waals surface area contributed by atoms with E-state index in [-0.39, 0.29) is 0 Å². The van der Waals surface area contributed by atoms with Crippen molar-refractivity contribution in [3.63, 3.8) is 0 Å². The monoisotopic (exact) mass is 190 g/mol. The van der Waals surface area contributed by atoms with Crippen LogP contribution in [-0.4, -0.2) is 10.7 Å². The molecule has 76 valence electrons. The molecule has 1 nitrogen and oxygen atoms in total. The molecule has 2 atom stereocenters. The van der Waals surface area contributed by atoms with Crippen LogP contribution in [0.5, 0.6) is 0 Å². The highest BCUT2D eigenvalue weighted by atomic mass is 16.3. The summed E-state index contributed by atoms with van der Waals surface area (Å²) in [5.41, 5.74) is 0.824. The van der Waals surface area contributed by atoms with Gasteiger partial charge in [-0.15, -0.1) is 0 Å². The summed E-state index contributed by atoms with van der Waals surface area (Å²) in [6.45, 7) is 2.23. The molecular formula is C13H18O. The van der Waals surface area contributed by atoms with E-state index in [9.17, 15) is 5.11 Å². The predicted molar refractivity (Wildman–Crippen MR) is 58.1 cm³/mol. The molecule has 1 aliphatic carbocycles. The topological polar surface area (TPSA) is 20.2 Å². The SMILES string of the molecule is CC1CCC(O)(Cc2ccccc2)C1. The molecule has 1 aromatic carbocycles. The maximum absolute atomic E-state index is 10.3. The summed E-state index contributed by atoms with van der Waals surface area (Å²) < 4.78 is 0. The number of hydrogen-bond acceptors (Lipinski definition) is 1. The molecule has 1 heteroatoms. The molecule has 1 aliphatic rings. The van der Waals surface area contributed by atoms with Crippen LogP contribution in [0.25, 0.3) is 0 Å². The Morgan fingerprint density at radius 2 is 2.07 bits per heavy atom. The first-order chi connectivity index (χ1) is 6.68. The van der Waals surface area contributed by atoms with Crippen molar-refractivity contribution in [3.05, 3.63) is 35.9 Å². The molecule has 2 unspecified atom stereocenters. The van der Waals surface area contributed by atoms with Crippen molar-refractivity contribution in [2.24, 2.45) is 5.92 Å². The standard InChI is InChI=1S/C13H18O/c1-11-7-8-13(14,9-11)10-12-5-3-2-4-6-12/h2-6,11,14H,7-10H2,1H3. The summed E-state index contributed by atoms with van der Waals surface area (Å²) in [5, 5.41) is 10.3. The van der Waals surface area contributed by atoms with Crippen molar-refractivity contribution >= 4 is 0 Å². The van der Waals surface area contributed by atoms with E-state index >= 15 is 0 Å². The van der Waals surface area contributed by atoms with Crippen LogP contribution in [-0.2, 0) is 6.42 Å². The lowest BCUT2D eigenvalue weighted by molar-refractivity contribution is 0.0446. The van der Waals surface area contributed by atoms with Crippen molar-refractivity contribution in [1.29, 1.82) is 0 Å². The summed E-state index contributed by atoms with van der Waals surface area (Å²) in [6.07, 6.45) is 3.91. The van der Waals surface area contributed by atoms with Gasteiger partial charge in [0.05, 0.1) is 5.60 Å². The van der Waals surface area contributed by atoms with E-state index in [0.29, 0.717) is 5.92 Å². The number of benzene rings is 1. The Bertz CT molecular complexity index is 293. The third kappa shape index (κ3) is 2.16. The molecule has 0 radical (unpaired) electrons. The zero-order valence-corrected chi connectivity index (χ0v) is 8.74. The fourth-order valence-corrected chi connectivity index (χ4v) is 2.50. The van der Waals surface area contributed by atoms with Crippen molar-refractivity contribution in [2.75, 3.05) is 0 Å². The molecule has 0 spiro atoms. The number of hydrogen-bond donors (Lipinski definition) is 1. The summed E-state index contributed by atoms with van der Waals surface area (Å²) >= 11 is 0. The van der Waals surface area contributed by atoms with Gasteiger partial charge in [0.2, 0.25) is 0 Å². The molecule has 1 aromatic rings. The second kappa shape index (κ2) is 3.74. The molecule has 1 N–H and O–H groups in total. The van der Waals surface area contributed by atoms with Gasteiger partial charge in [0.25, 0.3) is 0 Å². The van der Waals surface area contributed by atoms with Crippen molar-refractivity contribution in [2.45, 2.75) is 38.2 Å². The largest absolute Gasteiger partial charge is 0.390 e. The van der Waals surface area contributed by atoms with Gasteiger partial charge in [-0.25, -0.2) is 0 Å². The molecule has 0 heterocycles. The normalized spacial score (nSPS) is 32.0. The van der Waals surface area contributed by atoms with Gasteiger partial charge in [-0.1, -0.05) is 37.3 Å². The number of aliphatic hydroxyl groups is 1. The molecule has 14 heavy (non-hydrogen) atoms. The Hall–Kier alpha value is -0.820. The van der Waals surface area contributed by atoms with Gasteiger partial charge in [0.15, 0.2) is 0 Å². The minimum atomic E-state index is -0.430. The molecule has 0 bridgehead atoms. The van der Waals surface area contributed by atoms with E-state index in [1.165, 1.54) is 12.0 Å². The van der Waals surface area contributed by atoms with Gasteiger partial charge in [-0.2, -0.15) is 0 Å². The lowest BCUT2D eigenvalue weighted by Gasteiger charge is -2.22. The maximum Gasteiger partial charge on any atom is 0.0690 e. The second-order valence-corrected chi connectivity index (χ2v) is 4.73. The van der Waals surface area contributed by atoms with Crippen LogP contribution in [0.15, 0.2) is 30.3 Å².